The van der Waals surface area contributed by atoms with Crippen LogP contribution in [-0.2, 0) is 0 Å². The number of aromatic nitrogens is 2. The number of nitrogens with two attached hydrogens (primary N) is 1. The number of pyridine rings is 2. The van der Waals surface area contributed by atoms with E-state index in [1.54, 1.807) is 12.4 Å². The Hall–Kier alpha value is -2.88. The number of nitrogen functional groups attached to an aromatic ring is 1. The molecule has 2 N–H and O–H groups in total. The lowest BCUT2D eigenvalue weighted by Crippen LogP contribution is -1.85. The van der Waals surface area contributed by atoms with Crippen molar-refractivity contribution in [3.05, 3.63) is 54.9 Å². The van der Waals surface area contributed by atoms with Crippen LogP contribution >= 0.6 is 0 Å². The van der Waals surface area contributed by atoms with E-state index in [-0.39, 0.29) is 0 Å². The molecule has 0 aliphatic carbocycles. The molecule has 1 aromatic carbocycles. The number of hydrogen-bond acceptors (Lipinski definition) is 4. The zero-order valence-corrected chi connectivity index (χ0v) is 10.6. The molecule has 0 atom stereocenters. The van der Waals surface area contributed by atoms with Crippen LogP contribution in [0.1, 0.15) is 0 Å². The average molecular weight is 261 g/mol. The summed E-state index contributed by atoms with van der Waals surface area (Å²) >= 11 is 0. The third-order valence-corrected chi connectivity index (χ3v) is 3.29. The number of benzene rings is 1. The second-order valence-electron chi connectivity index (χ2n) is 4.64. The van der Waals surface area contributed by atoms with Gasteiger partial charge >= 0.3 is 0 Å². The Balaban J connectivity index is 2.03. The van der Waals surface area contributed by atoms with Crippen molar-refractivity contribution in [3.63, 3.8) is 0 Å². The van der Waals surface area contributed by atoms with Gasteiger partial charge in [-0.15, -0.1) is 0 Å². The Morgan fingerprint density at radius 3 is 2.75 bits per heavy atom. The fourth-order valence-corrected chi connectivity index (χ4v) is 2.34. The van der Waals surface area contributed by atoms with E-state index in [2.05, 4.69) is 9.97 Å². The largest absolute Gasteiger partial charge is 0.454 e. The van der Waals surface area contributed by atoms with E-state index in [9.17, 15) is 0 Å². The summed E-state index contributed by atoms with van der Waals surface area (Å²) in [5.41, 5.74) is 10.8. The average Bonchev–Trinajstić information content (AvgIpc) is 2.85. The van der Waals surface area contributed by atoms with E-state index in [4.69, 9.17) is 10.2 Å². The van der Waals surface area contributed by atoms with Gasteiger partial charge in [-0.2, -0.15) is 0 Å². The van der Waals surface area contributed by atoms with Gasteiger partial charge in [-0.05, 0) is 42.5 Å². The summed E-state index contributed by atoms with van der Waals surface area (Å²) in [5, 5.41) is 0.936. The summed E-state index contributed by atoms with van der Waals surface area (Å²) in [7, 11) is 0. The van der Waals surface area contributed by atoms with Gasteiger partial charge < -0.3 is 10.2 Å². The molecule has 4 nitrogen and oxygen atoms in total. The molecule has 3 aromatic heterocycles. The lowest BCUT2D eigenvalue weighted by Gasteiger charge is -1.99. The first-order valence-corrected chi connectivity index (χ1v) is 6.30. The van der Waals surface area contributed by atoms with E-state index >= 15 is 0 Å². The topological polar surface area (TPSA) is 64.9 Å². The summed E-state index contributed by atoms with van der Waals surface area (Å²) in [5.74, 6) is 0. The highest BCUT2D eigenvalue weighted by Crippen LogP contribution is 2.30. The second kappa shape index (κ2) is 4.06. The van der Waals surface area contributed by atoms with Gasteiger partial charge in [-0.25, -0.2) is 4.98 Å². The van der Waals surface area contributed by atoms with Crippen LogP contribution in [0.25, 0.3) is 33.3 Å². The van der Waals surface area contributed by atoms with Gasteiger partial charge in [0.2, 0.25) is 0 Å². The number of fused-ring (bicyclic) bond motifs is 3. The number of rotatable bonds is 1. The minimum absolute atomic E-state index is 0.703. The third kappa shape index (κ3) is 1.62. The maximum atomic E-state index is 5.84. The van der Waals surface area contributed by atoms with Crippen LogP contribution in [0, 0.1) is 0 Å². The standard InChI is InChI=1S/C16H11N3O/c17-11-3-5-14-12(8-11)16-15(20-14)6-4-13(19-16)10-2-1-7-18-9-10/h1-9H,17H2. The minimum Gasteiger partial charge on any atom is -0.454 e. The predicted octanol–water partition coefficient (Wildman–Crippen LogP) is 3.63. The van der Waals surface area contributed by atoms with Crippen LogP contribution in [0.3, 0.4) is 0 Å². The van der Waals surface area contributed by atoms with Crippen LogP contribution < -0.4 is 5.73 Å². The van der Waals surface area contributed by atoms with Crippen molar-refractivity contribution < 1.29 is 4.42 Å². The zero-order chi connectivity index (χ0) is 13.5. The molecular formula is C16H11N3O. The lowest BCUT2D eigenvalue weighted by atomic mass is 10.1. The summed E-state index contributed by atoms with van der Waals surface area (Å²) in [6.07, 6.45) is 3.54. The molecule has 4 heteroatoms. The molecule has 0 radical (unpaired) electrons. The van der Waals surface area contributed by atoms with Crippen LogP contribution in [0.5, 0.6) is 0 Å². The molecule has 0 aliphatic heterocycles. The molecule has 0 bridgehead atoms. The first kappa shape index (κ1) is 11.0. The number of nitrogens with zero attached hydrogens (tertiary/aromatic N) is 2. The van der Waals surface area contributed by atoms with Crippen molar-refractivity contribution >= 4 is 27.8 Å². The molecule has 3 heterocycles. The summed E-state index contributed by atoms with van der Waals surface area (Å²) < 4.78 is 5.76. The van der Waals surface area contributed by atoms with Gasteiger partial charge in [-0.3, -0.25) is 4.98 Å². The van der Waals surface area contributed by atoms with E-state index in [0.29, 0.717) is 5.69 Å². The molecule has 0 amide bonds. The molecule has 4 rings (SSSR count). The maximum absolute atomic E-state index is 5.84. The highest BCUT2D eigenvalue weighted by atomic mass is 16.3. The van der Waals surface area contributed by atoms with Crippen molar-refractivity contribution in [3.8, 4) is 11.3 Å². The molecule has 96 valence electrons. The molecule has 0 unspecified atom stereocenters. The first-order valence-electron chi connectivity index (χ1n) is 6.30. The minimum atomic E-state index is 0.703. The van der Waals surface area contributed by atoms with Crippen LogP contribution in [0.2, 0.25) is 0 Å². The van der Waals surface area contributed by atoms with Crippen LogP contribution in [0.15, 0.2) is 59.3 Å². The number of furan rings is 1. The first-order chi connectivity index (χ1) is 9.81. The molecule has 20 heavy (non-hydrogen) atoms. The highest BCUT2D eigenvalue weighted by Gasteiger charge is 2.10. The fraction of sp³-hybridized carbons (Fsp3) is 0. The van der Waals surface area contributed by atoms with Gasteiger partial charge in [0.1, 0.15) is 11.1 Å². The summed E-state index contributed by atoms with van der Waals surface area (Å²) in [6, 6.07) is 13.3. The van der Waals surface area contributed by atoms with Crippen molar-refractivity contribution in [2.75, 3.05) is 5.73 Å². The zero-order valence-electron chi connectivity index (χ0n) is 10.6. The Labute approximate surface area is 114 Å². The van der Waals surface area contributed by atoms with E-state index in [0.717, 1.165) is 33.3 Å². The molecule has 0 saturated heterocycles. The lowest BCUT2D eigenvalue weighted by molar-refractivity contribution is 0.668. The second-order valence-corrected chi connectivity index (χ2v) is 4.64. The van der Waals surface area contributed by atoms with Crippen molar-refractivity contribution in [1.82, 2.24) is 9.97 Å². The summed E-state index contributed by atoms with van der Waals surface area (Å²) in [6.45, 7) is 0. The Morgan fingerprint density at radius 1 is 1.00 bits per heavy atom. The number of hydrogen-bond donors (Lipinski definition) is 1. The Morgan fingerprint density at radius 2 is 1.90 bits per heavy atom. The molecule has 4 aromatic rings. The normalized spacial score (nSPS) is 11.2. The quantitative estimate of drug-likeness (QED) is 0.531. The molecule has 0 spiro atoms. The van der Waals surface area contributed by atoms with E-state index < -0.39 is 0 Å². The van der Waals surface area contributed by atoms with Crippen molar-refractivity contribution in [2.45, 2.75) is 0 Å². The molecule has 0 saturated carbocycles. The maximum Gasteiger partial charge on any atom is 0.153 e. The van der Waals surface area contributed by atoms with Gasteiger partial charge in [0.15, 0.2) is 5.58 Å². The smallest absolute Gasteiger partial charge is 0.153 e. The fourth-order valence-electron chi connectivity index (χ4n) is 2.34. The van der Waals surface area contributed by atoms with Crippen LogP contribution in [0.4, 0.5) is 5.69 Å². The van der Waals surface area contributed by atoms with Gasteiger partial charge in [0.05, 0.1) is 5.69 Å². The molecular weight excluding hydrogens is 250 g/mol. The molecule has 0 fully saturated rings. The summed E-state index contributed by atoms with van der Waals surface area (Å²) in [4.78, 5) is 8.81. The van der Waals surface area contributed by atoms with E-state index in [1.807, 2.05) is 42.5 Å². The van der Waals surface area contributed by atoms with Crippen LogP contribution in [-0.4, -0.2) is 9.97 Å². The van der Waals surface area contributed by atoms with Crippen molar-refractivity contribution in [2.24, 2.45) is 0 Å². The van der Waals surface area contributed by atoms with Gasteiger partial charge in [-0.1, -0.05) is 0 Å². The van der Waals surface area contributed by atoms with E-state index in [1.165, 1.54) is 0 Å². The van der Waals surface area contributed by atoms with Crippen molar-refractivity contribution in [1.29, 1.82) is 0 Å². The Kier molecular flexibility index (Phi) is 2.23. The Bertz CT molecular complexity index is 913. The van der Waals surface area contributed by atoms with Gasteiger partial charge in [0.25, 0.3) is 0 Å². The third-order valence-electron chi connectivity index (χ3n) is 3.29. The predicted molar refractivity (Wildman–Crippen MR) is 79.2 cm³/mol. The highest BCUT2D eigenvalue weighted by molar-refractivity contribution is 6.04. The molecule has 0 aliphatic rings. The van der Waals surface area contributed by atoms with Gasteiger partial charge in [0, 0.05) is 29.0 Å². The monoisotopic (exact) mass is 261 g/mol. The number of anilines is 1. The SMILES string of the molecule is Nc1ccc2oc3ccc(-c4cccnc4)nc3c2c1.